The van der Waals surface area contributed by atoms with E-state index in [0.717, 1.165) is 45.1 Å². The van der Waals surface area contributed by atoms with Crippen LogP contribution in [-0.2, 0) is 29.0 Å². The van der Waals surface area contributed by atoms with Crippen LogP contribution in [0.15, 0.2) is 42.5 Å². The Labute approximate surface area is 212 Å². The Morgan fingerprint density at radius 1 is 0.972 bits per heavy atom. The molecule has 36 heavy (non-hydrogen) atoms. The number of pyridine rings is 1. The normalized spacial score (nSPS) is 12.4. The first-order valence-corrected chi connectivity index (χ1v) is 12.4. The average Bonchev–Trinajstić information content (AvgIpc) is 3.20. The van der Waals surface area contributed by atoms with Crippen molar-refractivity contribution in [2.45, 2.75) is 59.3 Å². The number of rotatable bonds is 11. The number of ether oxygens (including phenoxy) is 3. The summed E-state index contributed by atoms with van der Waals surface area (Å²) in [4.78, 5) is 14.8. The number of aromatic nitrogens is 5. The number of hydrogen-bond donors (Lipinski definition) is 0. The van der Waals surface area contributed by atoms with E-state index in [4.69, 9.17) is 34.3 Å². The van der Waals surface area contributed by atoms with E-state index < -0.39 is 0 Å². The van der Waals surface area contributed by atoms with Crippen LogP contribution in [0, 0.1) is 6.92 Å². The minimum atomic E-state index is -0.183. The summed E-state index contributed by atoms with van der Waals surface area (Å²) < 4.78 is 19.1. The fourth-order valence-corrected chi connectivity index (χ4v) is 4.18. The zero-order chi connectivity index (χ0) is 25.7. The maximum Gasteiger partial charge on any atom is 0.222 e. The molecule has 0 bridgehead atoms. The number of hydrogen-bond acceptors (Lipinski definition) is 7. The summed E-state index contributed by atoms with van der Waals surface area (Å²) in [5.74, 6) is 0.862. The molecule has 3 heterocycles. The molecule has 0 amide bonds. The largest absolute Gasteiger partial charge is 0.480 e. The molecule has 0 saturated carbocycles. The predicted octanol–water partition coefficient (Wildman–Crippen LogP) is 5.12. The Morgan fingerprint density at radius 2 is 1.75 bits per heavy atom. The van der Waals surface area contributed by atoms with E-state index in [1.165, 1.54) is 0 Å². The van der Waals surface area contributed by atoms with Crippen LogP contribution >= 0.6 is 0 Å². The van der Waals surface area contributed by atoms with Crippen LogP contribution in [0.1, 0.15) is 49.3 Å². The number of nitrogens with zero attached hydrogens (tertiary/aromatic N) is 5. The Bertz CT molecular complexity index is 1300. The van der Waals surface area contributed by atoms with Crippen LogP contribution in [0.4, 0.5) is 0 Å². The average molecular weight is 490 g/mol. The van der Waals surface area contributed by atoms with Crippen LogP contribution in [-0.4, -0.2) is 51.7 Å². The first-order valence-electron chi connectivity index (χ1n) is 12.4. The minimum Gasteiger partial charge on any atom is -0.480 e. The van der Waals surface area contributed by atoms with Gasteiger partial charge in [-0.15, -0.1) is 0 Å². The van der Waals surface area contributed by atoms with Gasteiger partial charge in [0, 0.05) is 12.8 Å². The van der Waals surface area contributed by atoms with Crippen LogP contribution in [0.25, 0.3) is 22.4 Å². The number of benzene rings is 1. The summed E-state index contributed by atoms with van der Waals surface area (Å²) in [5.41, 5.74) is 6.89. The van der Waals surface area contributed by atoms with Crippen molar-refractivity contribution >= 4 is 11.2 Å². The highest BCUT2D eigenvalue weighted by atomic mass is 16.5. The van der Waals surface area contributed by atoms with Gasteiger partial charge in [-0.1, -0.05) is 51.1 Å². The molecule has 0 aliphatic carbocycles. The van der Waals surface area contributed by atoms with E-state index in [1.807, 2.05) is 41.9 Å². The molecular formula is C28H35N5O3. The number of fused-ring (bicyclic) bond motifs is 1. The zero-order valence-electron chi connectivity index (χ0n) is 22.0. The van der Waals surface area contributed by atoms with E-state index in [-0.39, 0.29) is 6.10 Å². The fourth-order valence-electron chi connectivity index (χ4n) is 4.18. The topological polar surface area (TPSA) is 84.2 Å². The Morgan fingerprint density at radius 3 is 2.42 bits per heavy atom. The van der Waals surface area contributed by atoms with E-state index in [9.17, 15) is 0 Å². The lowest BCUT2D eigenvalue weighted by Gasteiger charge is -2.18. The third-order valence-electron chi connectivity index (χ3n) is 6.12. The molecule has 0 N–H and O–H groups in total. The molecule has 4 aromatic rings. The van der Waals surface area contributed by atoms with Gasteiger partial charge in [0.05, 0.1) is 49.5 Å². The van der Waals surface area contributed by atoms with Gasteiger partial charge in [0.25, 0.3) is 0 Å². The van der Waals surface area contributed by atoms with E-state index >= 15 is 0 Å². The van der Waals surface area contributed by atoms with Crippen LogP contribution in [0.2, 0.25) is 0 Å². The van der Waals surface area contributed by atoms with Crippen molar-refractivity contribution < 1.29 is 14.2 Å². The van der Waals surface area contributed by atoms with Crippen molar-refractivity contribution in [3.8, 4) is 17.1 Å². The van der Waals surface area contributed by atoms with Gasteiger partial charge in [0.15, 0.2) is 5.65 Å². The van der Waals surface area contributed by atoms with Crippen LogP contribution < -0.4 is 4.74 Å². The summed E-state index contributed by atoms with van der Waals surface area (Å²) in [6.07, 6.45) is 0.529. The zero-order valence-corrected chi connectivity index (χ0v) is 22.0. The lowest BCUT2D eigenvalue weighted by Crippen LogP contribution is -2.26. The summed E-state index contributed by atoms with van der Waals surface area (Å²) in [6.45, 7) is 9.72. The van der Waals surface area contributed by atoms with Gasteiger partial charge in [0.2, 0.25) is 5.88 Å². The lowest BCUT2D eigenvalue weighted by atomic mass is 10.1. The molecule has 3 aromatic heterocycles. The van der Waals surface area contributed by atoms with Crippen molar-refractivity contribution in [3.63, 3.8) is 0 Å². The second-order valence-corrected chi connectivity index (χ2v) is 9.13. The van der Waals surface area contributed by atoms with Crippen molar-refractivity contribution in [3.05, 3.63) is 65.1 Å². The summed E-state index contributed by atoms with van der Waals surface area (Å²) in [6, 6.07) is 14.2. The summed E-state index contributed by atoms with van der Waals surface area (Å²) in [5, 5.41) is 4.77. The van der Waals surface area contributed by atoms with Crippen LogP contribution in [0.5, 0.6) is 5.88 Å². The molecule has 190 valence electrons. The van der Waals surface area contributed by atoms with Gasteiger partial charge in [-0.3, -0.25) is 0 Å². The molecule has 0 radical (unpaired) electrons. The molecule has 0 aliphatic heterocycles. The molecule has 8 heteroatoms. The first-order chi connectivity index (χ1) is 17.4. The second-order valence-electron chi connectivity index (χ2n) is 9.13. The number of methoxy groups -OCH3 is 2. The van der Waals surface area contributed by atoms with Crippen molar-refractivity contribution in [2.24, 2.45) is 0 Å². The van der Waals surface area contributed by atoms with Gasteiger partial charge >= 0.3 is 0 Å². The molecule has 0 saturated heterocycles. The highest BCUT2D eigenvalue weighted by molar-refractivity contribution is 5.79. The molecule has 8 nitrogen and oxygen atoms in total. The molecule has 4 rings (SSSR count). The molecule has 0 spiro atoms. The lowest BCUT2D eigenvalue weighted by molar-refractivity contribution is -0.0212. The van der Waals surface area contributed by atoms with Gasteiger partial charge < -0.3 is 14.2 Å². The van der Waals surface area contributed by atoms with E-state index in [2.05, 4.69) is 32.9 Å². The maximum atomic E-state index is 6.18. The highest BCUT2D eigenvalue weighted by Gasteiger charge is 2.21. The molecule has 0 aliphatic rings. The van der Waals surface area contributed by atoms with Gasteiger partial charge in [-0.05, 0) is 37.0 Å². The molecule has 1 unspecified atom stereocenters. The molecule has 1 atom stereocenters. The highest BCUT2D eigenvalue weighted by Crippen LogP contribution is 2.32. The van der Waals surface area contributed by atoms with Crippen molar-refractivity contribution in [1.82, 2.24) is 24.7 Å². The van der Waals surface area contributed by atoms with Crippen LogP contribution in [0.3, 0.4) is 0 Å². The van der Waals surface area contributed by atoms with E-state index in [0.29, 0.717) is 38.0 Å². The third kappa shape index (κ3) is 5.55. The van der Waals surface area contributed by atoms with Gasteiger partial charge in [-0.2, -0.15) is 5.10 Å². The van der Waals surface area contributed by atoms with Crippen molar-refractivity contribution in [1.29, 1.82) is 0 Å². The third-order valence-corrected chi connectivity index (χ3v) is 6.12. The monoisotopic (exact) mass is 489 g/mol. The van der Waals surface area contributed by atoms with Gasteiger partial charge in [0.1, 0.15) is 11.6 Å². The molecule has 1 aromatic carbocycles. The fraction of sp³-hybridized carbons (Fsp3) is 0.429. The second kappa shape index (κ2) is 11.6. The summed E-state index contributed by atoms with van der Waals surface area (Å²) >= 11 is 0. The maximum absolute atomic E-state index is 6.18. The van der Waals surface area contributed by atoms with Crippen molar-refractivity contribution in [2.75, 3.05) is 20.8 Å². The molecular weight excluding hydrogens is 454 g/mol. The smallest absolute Gasteiger partial charge is 0.222 e. The Kier molecular flexibility index (Phi) is 8.28. The minimum absolute atomic E-state index is 0.183. The van der Waals surface area contributed by atoms with E-state index in [1.54, 1.807) is 14.2 Å². The quantitative estimate of drug-likeness (QED) is 0.289. The number of aryl methyl sites for hydroxylation is 2. The predicted molar refractivity (Wildman–Crippen MR) is 140 cm³/mol. The Balaban J connectivity index is 1.68. The van der Waals surface area contributed by atoms with Gasteiger partial charge in [-0.25, -0.2) is 19.6 Å². The summed E-state index contributed by atoms with van der Waals surface area (Å²) in [7, 11) is 3.32. The Hall–Kier alpha value is -3.36. The first kappa shape index (κ1) is 25.7. The SMILES string of the molecule is CCc1nc2c(nc1-c1ccc(C(C)C)nc1OC)c(C)nn2CC(COC)OCc1ccccc1. The molecule has 0 fully saturated rings. The standard InChI is InChI=1S/C28H35N5O3/c1-7-23-26(22-13-14-24(18(2)3)30-28(22)35-6)31-25-19(4)32-33(27(25)29-23)15-21(17-34-5)36-16-20-11-9-8-10-12-20/h8-14,18,21H,7,15-17H2,1-6H3.